The number of nitrogens with zero attached hydrogens (tertiary/aromatic N) is 3. The summed E-state index contributed by atoms with van der Waals surface area (Å²) in [7, 11) is 1.84. The lowest BCUT2D eigenvalue weighted by Gasteiger charge is -2.06. The van der Waals surface area contributed by atoms with Crippen LogP contribution in [0.15, 0.2) is 30.6 Å². The second-order valence-corrected chi connectivity index (χ2v) is 3.77. The molecule has 2 aromatic rings. The Hall–Kier alpha value is -1.88. The summed E-state index contributed by atoms with van der Waals surface area (Å²) in [6.07, 6.45) is 2.41. The van der Waals surface area contributed by atoms with Crippen LogP contribution in [0.3, 0.4) is 0 Å². The number of nitrogens with two attached hydrogens (primary N) is 1. The summed E-state index contributed by atoms with van der Waals surface area (Å²) in [6.45, 7) is 1.09. The van der Waals surface area contributed by atoms with Gasteiger partial charge in [0, 0.05) is 7.05 Å². The smallest absolute Gasteiger partial charge is 0.164 e. The molecule has 5 nitrogen and oxygen atoms in total. The van der Waals surface area contributed by atoms with Gasteiger partial charge in [-0.3, -0.25) is 4.68 Å². The Morgan fingerprint density at radius 2 is 2.06 bits per heavy atom. The van der Waals surface area contributed by atoms with Gasteiger partial charge < -0.3 is 10.5 Å². The SMILES string of the molecule is Cn1ncnc1COc1ccc(CCN)cc1. The number of ether oxygens (including phenoxy) is 1. The summed E-state index contributed by atoms with van der Waals surface area (Å²) in [4.78, 5) is 4.09. The van der Waals surface area contributed by atoms with Crippen molar-refractivity contribution >= 4 is 0 Å². The molecule has 0 unspecified atom stereocenters. The van der Waals surface area contributed by atoms with E-state index in [2.05, 4.69) is 10.1 Å². The summed E-state index contributed by atoms with van der Waals surface area (Å²) in [5, 5.41) is 3.98. The Morgan fingerprint density at radius 3 is 2.65 bits per heavy atom. The first-order valence-corrected chi connectivity index (χ1v) is 5.54. The van der Waals surface area contributed by atoms with E-state index < -0.39 is 0 Å². The van der Waals surface area contributed by atoms with Gasteiger partial charge in [-0.15, -0.1) is 0 Å². The molecule has 0 saturated heterocycles. The Bertz CT molecular complexity index is 464. The number of benzene rings is 1. The molecule has 1 heterocycles. The molecule has 0 aliphatic heterocycles. The molecule has 0 amide bonds. The van der Waals surface area contributed by atoms with Crippen LogP contribution in [0.5, 0.6) is 5.75 Å². The van der Waals surface area contributed by atoms with Crippen molar-refractivity contribution in [2.24, 2.45) is 12.8 Å². The molecule has 2 N–H and O–H groups in total. The fourth-order valence-corrected chi connectivity index (χ4v) is 1.52. The van der Waals surface area contributed by atoms with E-state index in [4.69, 9.17) is 10.5 Å². The van der Waals surface area contributed by atoms with Crippen LogP contribution >= 0.6 is 0 Å². The molecule has 0 aliphatic carbocycles. The average Bonchev–Trinajstić information content (AvgIpc) is 2.75. The van der Waals surface area contributed by atoms with Gasteiger partial charge in [0.05, 0.1) is 0 Å². The Balaban J connectivity index is 1.93. The monoisotopic (exact) mass is 232 g/mol. The van der Waals surface area contributed by atoms with E-state index in [-0.39, 0.29) is 0 Å². The molecule has 0 spiro atoms. The van der Waals surface area contributed by atoms with E-state index in [1.807, 2.05) is 31.3 Å². The van der Waals surface area contributed by atoms with Crippen molar-refractivity contribution in [3.05, 3.63) is 42.0 Å². The van der Waals surface area contributed by atoms with Crippen LogP contribution in [0.1, 0.15) is 11.4 Å². The van der Waals surface area contributed by atoms with Gasteiger partial charge in [-0.25, -0.2) is 4.98 Å². The minimum absolute atomic E-state index is 0.423. The van der Waals surface area contributed by atoms with Crippen LogP contribution in [0.4, 0.5) is 0 Å². The highest BCUT2D eigenvalue weighted by atomic mass is 16.5. The first-order valence-electron chi connectivity index (χ1n) is 5.54. The number of rotatable bonds is 5. The third-order valence-corrected chi connectivity index (χ3v) is 2.53. The maximum Gasteiger partial charge on any atom is 0.164 e. The van der Waals surface area contributed by atoms with Crippen LogP contribution < -0.4 is 10.5 Å². The van der Waals surface area contributed by atoms with Gasteiger partial charge in [-0.1, -0.05) is 12.1 Å². The van der Waals surface area contributed by atoms with Crippen molar-refractivity contribution < 1.29 is 4.74 Å². The number of aromatic nitrogens is 3. The number of aryl methyl sites for hydroxylation is 1. The number of hydrogen-bond acceptors (Lipinski definition) is 4. The number of hydrogen-bond donors (Lipinski definition) is 1. The Kier molecular flexibility index (Phi) is 3.72. The van der Waals surface area contributed by atoms with Gasteiger partial charge in [0.1, 0.15) is 18.7 Å². The maximum absolute atomic E-state index is 5.61. The van der Waals surface area contributed by atoms with Gasteiger partial charge in [0.25, 0.3) is 0 Å². The van der Waals surface area contributed by atoms with Gasteiger partial charge in [-0.05, 0) is 30.7 Å². The molecule has 0 radical (unpaired) electrons. The highest BCUT2D eigenvalue weighted by Gasteiger charge is 2.01. The molecule has 1 aromatic carbocycles. The Labute approximate surface area is 100 Å². The van der Waals surface area contributed by atoms with E-state index in [1.54, 1.807) is 4.68 Å². The van der Waals surface area contributed by atoms with E-state index in [9.17, 15) is 0 Å². The molecule has 0 atom stereocenters. The lowest BCUT2D eigenvalue weighted by molar-refractivity contribution is 0.289. The predicted molar refractivity (Wildman–Crippen MR) is 64.5 cm³/mol. The summed E-state index contributed by atoms with van der Waals surface area (Å²) >= 11 is 0. The molecule has 1 aromatic heterocycles. The van der Waals surface area contributed by atoms with E-state index in [0.29, 0.717) is 13.2 Å². The van der Waals surface area contributed by atoms with Crippen LogP contribution in [0.25, 0.3) is 0 Å². The molecule has 0 saturated carbocycles. The molecular formula is C12H16N4O. The molecule has 0 fully saturated rings. The van der Waals surface area contributed by atoms with Crippen LogP contribution in [-0.4, -0.2) is 21.3 Å². The van der Waals surface area contributed by atoms with Crippen molar-refractivity contribution in [3.63, 3.8) is 0 Å². The van der Waals surface area contributed by atoms with E-state index >= 15 is 0 Å². The fourth-order valence-electron chi connectivity index (χ4n) is 1.52. The summed E-state index contributed by atoms with van der Waals surface area (Å²) < 4.78 is 7.31. The van der Waals surface area contributed by atoms with Crippen molar-refractivity contribution in [1.29, 1.82) is 0 Å². The quantitative estimate of drug-likeness (QED) is 0.831. The molecule has 2 rings (SSSR count). The zero-order valence-corrected chi connectivity index (χ0v) is 9.84. The highest BCUT2D eigenvalue weighted by molar-refractivity contribution is 5.27. The summed E-state index contributed by atoms with van der Waals surface area (Å²) in [5.74, 6) is 1.63. The first kappa shape index (κ1) is 11.6. The maximum atomic E-state index is 5.61. The largest absolute Gasteiger partial charge is 0.486 e. The zero-order chi connectivity index (χ0) is 12.1. The van der Waals surface area contributed by atoms with E-state index in [1.165, 1.54) is 11.9 Å². The molecule has 17 heavy (non-hydrogen) atoms. The minimum atomic E-state index is 0.423. The first-order chi connectivity index (χ1) is 8.29. The second kappa shape index (κ2) is 5.45. The third-order valence-electron chi connectivity index (χ3n) is 2.53. The lowest BCUT2D eigenvalue weighted by atomic mass is 10.1. The van der Waals surface area contributed by atoms with Gasteiger partial charge in [0.15, 0.2) is 5.82 Å². The zero-order valence-electron chi connectivity index (χ0n) is 9.84. The van der Waals surface area contributed by atoms with Crippen molar-refractivity contribution in [1.82, 2.24) is 14.8 Å². The molecular weight excluding hydrogens is 216 g/mol. The van der Waals surface area contributed by atoms with Gasteiger partial charge >= 0.3 is 0 Å². The highest BCUT2D eigenvalue weighted by Crippen LogP contribution is 2.13. The van der Waals surface area contributed by atoms with E-state index in [0.717, 1.165) is 18.0 Å². The summed E-state index contributed by atoms with van der Waals surface area (Å²) in [6, 6.07) is 7.94. The topological polar surface area (TPSA) is 66.0 Å². The average molecular weight is 232 g/mol. The van der Waals surface area contributed by atoms with Crippen LogP contribution in [0, 0.1) is 0 Å². The summed E-state index contributed by atoms with van der Waals surface area (Å²) in [5.41, 5.74) is 6.71. The normalized spacial score (nSPS) is 10.5. The predicted octanol–water partition coefficient (Wildman–Crippen LogP) is 0.895. The van der Waals surface area contributed by atoms with Crippen molar-refractivity contribution in [2.45, 2.75) is 13.0 Å². The second-order valence-electron chi connectivity index (χ2n) is 3.77. The minimum Gasteiger partial charge on any atom is -0.486 e. The molecule has 0 bridgehead atoms. The standard InChI is InChI=1S/C12H16N4O/c1-16-12(14-9-15-16)8-17-11-4-2-10(3-5-11)6-7-13/h2-5,9H,6-8,13H2,1H3. The van der Waals surface area contributed by atoms with Crippen LogP contribution in [0.2, 0.25) is 0 Å². The molecule has 5 heteroatoms. The lowest BCUT2D eigenvalue weighted by Crippen LogP contribution is -2.05. The Morgan fingerprint density at radius 1 is 1.29 bits per heavy atom. The molecule has 90 valence electrons. The third kappa shape index (κ3) is 3.04. The van der Waals surface area contributed by atoms with Gasteiger partial charge in [-0.2, -0.15) is 5.10 Å². The van der Waals surface area contributed by atoms with Crippen LogP contribution in [-0.2, 0) is 20.1 Å². The van der Waals surface area contributed by atoms with Gasteiger partial charge in [0.2, 0.25) is 0 Å². The molecule has 0 aliphatic rings. The van der Waals surface area contributed by atoms with Crippen molar-refractivity contribution in [2.75, 3.05) is 6.54 Å². The fraction of sp³-hybridized carbons (Fsp3) is 0.333. The van der Waals surface area contributed by atoms with Crippen molar-refractivity contribution in [3.8, 4) is 5.75 Å².